The van der Waals surface area contributed by atoms with Crippen molar-refractivity contribution in [3.8, 4) is 0 Å². The van der Waals surface area contributed by atoms with Crippen molar-refractivity contribution in [1.82, 2.24) is 10.2 Å². The molecular formula is C29H32Cl3N3O4S. The van der Waals surface area contributed by atoms with Crippen molar-refractivity contribution in [2.45, 2.75) is 45.3 Å². The first-order valence-corrected chi connectivity index (χ1v) is 15.5. The van der Waals surface area contributed by atoms with Gasteiger partial charge in [0.1, 0.15) is 12.6 Å². The van der Waals surface area contributed by atoms with Crippen molar-refractivity contribution in [3.05, 3.63) is 99.0 Å². The molecule has 0 unspecified atom stereocenters. The third-order valence-corrected chi connectivity index (χ3v) is 8.10. The minimum absolute atomic E-state index is 0.00189. The Bertz CT molecular complexity index is 1440. The molecule has 11 heteroatoms. The second-order valence-electron chi connectivity index (χ2n) is 10.4. The Balaban J connectivity index is 2.09. The molecule has 3 rings (SSSR count). The fraction of sp³-hybridized carbons (Fsp3) is 0.310. The number of amides is 2. The molecule has 214 valence electrons. The molecule has 1 atom stereocenters. The molecular weight excluding hydrogens is 593 g/mol. The lowest BCUT2D eigenvalue weighted by Gasteiger charge is -2.35. The average Bonchev–Trinajstić information content (AvgIpc) is 2.86. The van der Waals surface area contributed by atoms with Crippen molar-refractivity contribution in [3.63, 3.8) is 0 Å². The van der Waals surface area contributed by atoms with Crippen LogP contribution in [-0.2, 0) is 32.6 Å². The van der Waals surface area contributed by atoms with Gasteiger partial charge in [-0.2, -0.15) is 0 Å². The van der Waals surface area contributed by atoms with Gasteiger partial charge in [-0.05, 0) is 56.2 Å². The molecule has 0 bridgehead atoms. The Hall–Kier alpha value is -2.78. The minimum atomic E-state index is -3.97. The molecule has 1 N–H and O–H groups in total. The second kappa shape index (κ2) is 13.3. The van der Waals surface area contributed by atoms with E-state index in [0.29, 0.717) is 10.6 Å². The van der Waals surface area contributed by atoms with E-state index in [0.717, 1.165) is 16.1 Å². The summed E-state index contributed by atoms with van der Waals surface area (Å²) < 4.78 is 26.7. The molecule has 0 aromatic heterocycles. The van der Waals surface area contributed by atoms with Crippen LogP contribution in [0.3, 0.4) is 0 Å². The fourth-order valence-electron chi connectivity index (χ4n) is 4.07. The Kier molecular flexibility index (Phi) is 10.5. The first-order valence-electron chi connectivity index (χ1n) is 12.5. The molecule has 0 heterocycles. The van der Waals surface area contributed by atoms with Crippen molar-refractivity contribution in [2.24, 2.45) is 0 Å². The Morgan fingerprint density at radius 1 is 0.875 bits per heavy atom. The van der Waals surface area contributed by atoms with Gasteiger partial charge >= 0.3 is 0 Å². The third-order valence-electron chi connectivity index (χ3n) is 5.91. The van der Waals surface area contributed by atoms with E-state index in [1.54, 1.807) is 30.3 Å². The maximum atomic E-state index is 14.1. The van der Waals surface area contributed by atoms with Crippen molar-refractivity contribution in [1.29, 1.82) is 0 Å². The SMILES string of the molecule is CC(C)(C)NC(=O)[C@H](Cc1ccccc1)N(Cc1ccc(Cl)cc1)C(=O)CN(c1cccc(Cl)c1Cl)S(C)(=O)=O. The average molecular weight is 625 g/mol. The number of carbonyl (C=O) groups excluding carboxylic acids is 2. The zero-order valence-corrected chi connectivity index (χ0v) is 25.8. The van der Waals surface area contributed by atoms with E-state index in [9.17, 15) is 18.0 Å². The molecule has 7 nitrogen and oxygen atoms in total. The molecule has 0 aliphatic rings. The minimum Gasteiger partial charge on any atom is -0.350 e. The smallest absolute Gasteiger partial charge is 0.244 e. The maximum absolute atomic E-state index is 14.1. The molecule has 0 aliphatic carbocycles. The van der Waals surface area contributed by atoms with Gasteiger partial charge in [-0.25, -0.2) is 8.42 Å². The van der Waals surface area contributed by atoms with Crippen LogP contribution in [0.5, 0.6) is 0 Å². The first kappa shape index (κ1) is 31.7. The summed E-state index contributed by atoms with van der Waals surface area (Å²) in [5.74, 6) is -0.966. The molecule has 0 radical (unpaired) electrons. The zero-order chi connectivity index (χ0) is 29.7. The van der Waals surface area contributed by atoms with Crippen LogP contribution < -0.4 is 9.62 Å². The van der Waals surface area contributed by atoms with Crippen molar-refractivity contribution >= 4 is 62.3 Å². The molecule has 0 spiro atoms. The van der Waals surface area contributed by atoms with Gasteiger partial charge < -0.3 is 10.2 Å². The Morgan fingerprint density at radius 2 is 1.50 bits per heavy atom. The van der Waals surface area contributed by atoms with Crippen LogP contribution in [0.1, 0.15) is 31.9 Å². The standard InChI is InChI=1S/C29H32Cl3N3O4S/c1-29(2,3)33-28(37)25(17-20-9-6-5-7-10-20)34(18-21-13-15-22(30)16-14-21)26(36)19-35(40(4,38)39)24-12-8-11-23(31)27(24)32/h5-16,25H,17-19H2,1-4H3,(H,33,37)/t25-/m0/s1. The molecule has 0 saturated heterocycles. The van der Waals surface area contributed by atoms with E-state index in [1.807, 2.05) is 51.1 Å². The van der Waals surface area contributed by atoms with E-state index >= 15 is 0 Å². The second-order valence-corrected chi connectivity index (χ2v) is 13.6. The number of nitrogens with one attached hydrogen (secondary N) is 1. The summed E-state index contributed by atoms with van der Waals surface area (Å²) in [6.07, 6.45) is 1.19. The summed E-state index contributed by atoms with van der Waals surface area (Å²) >= 11 is 18.6. The highest BCUT2D eigenvalue weighted by atomic mass is 35.5. The number of carbonyl (C=O) groups is 2. The van der Waals surface area contributed by atoms with Crippen molar-refractivity contribution < 1.29 is 18.0 Å². The van der Waals surface area contributed by atoms with Gasteiger partial charge in [-0.1, -0.05) is 83.3 Å². The van der Waals surface area contributed by atoms with Crippen LogP contribution in [0.4, 0.5) is 5.69 Å². The monoisotopic (exact) mass is 623 g/mol. The number of anilines is 1. The third kappa shape index (κ3) is 8.86. The molecule has 0 aliphatic heterocycles. The number of sulfonamides is 1. The van der Waals surface area contributed by atoms with Crippen LogP contribution >= 0.6 is 34.8 Å². The van der Waals surface area contributed by atoms with Crippen LogP contribution in [0.2, 0.25) is 15.1 Å². The van der Waals surface area contributed by atoms with E-state index in [2.05, 4.69) is 5.32 Å². The van der Waals surface area contributed by atoms with E-state index in [4.69, 9.17) is 34.8 Å². The van der Waals surface area contributed by atoms with Gasteiger partial charge in [-0.3, -0.25) is 13.9 Å². The molecule has 40 heavy (non-hydrogen) atoms. The quantitative estimate of drug-likeness (QED) is 0.301. The van der Waals surface area contributed by atoms with Crippen molar-refractivity contribution in [2.75, 3.05) is 17.1 Å². The summed E-state index contributed by atoms with van der Waals surface area (Å²) in [5.41, 5.74) is 1.04. The highest BCUT2D eigenvalue weighted by Gasteiger charge is 2.34. The van der Waals surface area contributed by atoms with Gasteiger partial charge in [0, 0.05) is 23.5 Å². The normalized spacial score (nSPS) is 12.5. The highest BCUT2D eigenvalue weighted by molar-refractivity contribution is 7.92. The van der Waals surface area contributed by atoms with E-state index in [1.165, 1.54) is 17.0 Å². The lowest BCUT2D eigenvalue weighted by atomic mass is 10.0. The van der Waals surface area contributed by atoms with Gasteiger partial charge in [0.25, 0.3) is 0 Å². The first-order chi connectivity index (χ1) is 18.7. The Labute approximate surface area is 251 Å². The molecule has 3 aromatic carbocycles. The Morgan fingerprint density at radius 3 is 2.08 bits per heavy atom. The predicted octanol–water partition coefficient (Wildman–Crippen LogP) is 5.97. The van der Waals surface area contributed by atoms with Crippen LogP contribution in [-0.4, -0.2) is 49.5 Å². The van der Waals surface area contributed by atoms with E-state index in [-0.39, 0.29) is 34.6 Å². The summed E-state index contributed by atoms with van der Waals surface area (Å²) in [6.45, 7) is 4.99. The maximum Gasteiger partial charge on any atom is 0.244 e. The largest absolute Gasteiger partial charge is 0.350 e. The number of hydrogen-bond donors (Lipinski definition) is 1. The van der Waals surface area contributed by atoms with Crippen LogP contribution in [0, 0.1) is 0 Å². The molecule has 3 aromatic rings. The lowest BCUT2D eigenvalue weighted by Crippen LogP contribution is -2.56. The molecule has 0 fully saturated rings. The number of hydrogen-bond acceptors (Lipinski definition) is 4. The van der Waals surface area contributed by atoms with E-state index < -0.39 is 34.1 Å². The van der Waals surface area contributed by atoms with Crippen LogP contribution in [0.25, 0.3) is 0 Å². The van der Waals surface area contributed by atoms with Gasteiger partial charge in [0.15, 0.2) is 0 Å². The van der Waals surface area contributed by atoms with Gasteiger partial charge in [-0.15, -0.1) is 0 Å². The zero-order valence-electron chi connectivity index (χ0n) is 22.7. The number of nitrogens with zero attached hydrogens (tertiary/aromatic N) is 2. The molecule has 0 saturated carbocycles. The summed E-state index contributed by atoms with van der Waals surface area (Å²) in [7, 11) is -3.97. The van der Waals surface area contributed by atoms with Gasteiger partial charge in [0.2, 0.25) is 21.8 Å². The number of benzene rings is 3. The summed E-state index contributed by atoms with van der Waals surface area (Å²) in [5, 5.41) is 3.64. The fourth-order valence-corrected chi connectivity index (χ4v) is 5.50. The number of rotatable bonds is 10. The van der Waals surface area contributed by atoms with Gasteiger partial charge in [0.05, 0.1) is 22.0 Å². The highest BCUT2D eigenvalue weighted by Crippen LogP contribution is 2.34. The number of halogens is 3. The topological polar surface area (TPSA) is 86.8 Å². The van der Waals surface area contributed by atoms with Crippen LogP contribution in [0.15, 0.2) is 72.8 Å². The lowest BCUT2D eigenvalue weighted by molar-refractivity contribution is -0.140. The summed E-state index contributed by atoms with van der Waals surface area (Å²) in [6, 6.07) is 19.8. The predicted molar refractivity (Wildman–Crippen MR) is 162 cm³/mol. The molecule has 2 amide bonds. The summed E-state index contributed by atoms with van der Waals surface area (Å²) in [4.78, 5) is 29.2.